The number of nitrogens with one attached hydrogen (secondary N) is 1. The predicted molar refractivity (Wildman–Crippen MR) is 101 cm³/mol. The molecule has 0 spiro atoms. The van der Waals surface area contributed by atoms with Crippen LogP contribution in [0.5, 0.6) is 0 Å². The zero-order valence-corrected chi connectivity index (χ0v) is 15.8. The Balaban J connectivity index is 2.25. The van der Waals surface area contributed by atoms with Gasteiger partial charge in [-0.2, -0.15) is 13.2 Å². The van der Waals surface area contributed by atoms with Gasteiger partial charge in [0, 0.05) is 31.4 Å². The Morgan fingerprint density at radius 3 is 2.48 bits per heavy atom. The molecule has 0 saturated heterocycles. The third kappa shape index (κ3) is 5.21. The largest absolute Gasteiger partial charge is 0.416 e. The molecule has 1 N–H and O–H groups in total. The van der Waals surface area contributed by atoms with E-state index < -0.39 is 23.1 Å². The van der Waals surface area contributed by atoms with Crippen molar-refractivity contribution < 1.29 is 17.6 Å². The molecular formula is C20H23F4N3. The van der Waals surface area contributed by atoms with Crippen molar-refractivity contribution in [1.29, 1.82) is 0 Å². The average molecular weight is 381 g/mol. The van der Waals surface area contributed by atoms with Crippen LogP contribution in [-0.4, -0.2) is 24.8 Å². The van der Waals surface area contributed by atoms with E-state index in [1.165, 1.54) is 0 Å². The molecule has 0 heterocycles. The Morgan fingerprint density at radius 2 is 1.85 bits per heavy atom. The van der Waals surface area contributed by atoms with E-state index in [-0.39, 0.29) is 6.54 Å². The first-order valence-corrected chi connectivity index (χ1v) is 8.57. The van der Waals surface area contributed by atoms with Crippen LogP contribution in [0.4, 0.5) is 28.9 Å². The highest BCUT2D eigenvalue weighted by Gasteiger charge is 2.34. The summed E-state index contributed by atoms with van der Waals surface area (Å²) >= 11 is 0. The van der Waals surface area contributed by atoms with Gasteiger partial charge in [-0.05, 0) is 56.2 Å². The molecule has 0 aliphatic heterocycles. The summed E-state index contributed by atoms with van der Waals surface area (Å²) in [4.78, 5) is 6.35. The molecule has 0 radical (unpaired) electrons. The molecule has 7 heteroatoms. The summed E-state index contributed by atoms with van der Waals surface area (Å²) in [5.41, 5.74) is 1.75. The molecule has 0 saturated carbocycles. The molecule has 0 fully saturated rings. The SMILES string of the molecule is CCN(C)C=Nc1cc(C)c(NCc2c(F)cccc2C(F)(F)F)cc1C. The molecule has 146 valence electrons. The molecule has 2 aromatic carbocycles. The highest BCUT2D eigenvalue weighted by atomic mass is 19.4. The Labute approximate surface area is 156 Å². The third-order valence-corrected chi connectivity index (χ3v) is 4.32. The maximum absolute atomic E-state index is 14.0. The van der Waals surface area contributed by atoms with Crippen molar-refractivity contribution in [1.82, 2.24) is 4.90 Å². The van der Waals surface area contributed by atoms with Crippen molar-refractivity contribution in [2.24, 2.45) is 4.99 Å². The number of anilines is 1. The summed E-state index contributed by atoms with van der Waals surface area (Å²) in [5, 5.41) is 2.92. The van der Waals surface area contributed by atoms with Crippen LogP contribution >= 0.6 is 0 Å². The summed E-state index contributed by atoms with van der Waals surface area (Å²) in [6, 6.07) is 6.65. The molecule has 0 bridgehead atoms. The van der Waals surface area contributed by atoms with Gasteiger partial charge in [-0.25, -0.2) is 9.38 Å². The van der Waals surface area contributed by atoms with E-state index in [4.69, 9.17) is 0 Å². The fraction of sp³-hybridized carbons (Fsp3) is 0.350. The molecule has 2 rings (SSSR count). The maximum atomic E-state index is 14.0. The minimum atomic E-state index is -4.60. The van der Waals surface area contributed by atoms with Gasteiger partial charge in [0.05, 0.1) is 17.6 Å². The summed E-state index contributed by atoms with van der Waals surface area (Å²) in [6.07, 6.45) is -2.88. The zero-order valence-electron chi connectivity index (χ0n) is 15.8. The normalized spacial score (nSPS) is 11.9. The maximum Gasteiger partial charge on any atom is 0.416 e. The molecule has 0 amide bonds. The third-order valence-electron chi connectivity index (χ3n) is 4.32. The molecule has 0 aliphatic carbocycles. The van der Waals surface area contributed by atoms with Crippen molar-refractivity contribution in [3.8, 4) is 0 Å². The lowest BCUT2D eigenvalue weighted by atomic mass is 10.0. The van der Waals surface area contributed by atoms with E-state index in [1.807, 2.05) is 44.9 Å². The number of nitrogens with zero attached hydrogens (tertiary/aromatic N) is 2. The highest BCUT2D eigenvalue weighted by molar-refractivity contribution is 5.67. The second-order valence-corrected chi connectivity index (χ2v) is 6.39. The number of hydrogen-bond acceptors (Lipinski definition) is 2. The summed E-state index contributed by atoms with van der Waals surface area (Å²) in [7, 11) is 1.91. The van der Waals surface area contributed by atoms with Crippen LogP contribution < -0.4 is 5.32 Å². The minimum absolute atomic E-state index is 0.261. The fourth-order valence-corrected chi connectivity index (χ4v) is 2.56. The van der Waals surface area contributed by atoms with Gasteiger partial charge in [-0.1, -0.05) is 6.07 Å². The number of aliphatic imine (C=N–C) groups is 1. The molecule has 2 aromatic rings. The van der Waals surface area contributed by atoms with Crippen molar-refractivity contribution >= 4 is 17.7 Å². The number of hydrogen-bond donors (Lipinski definition) is 1. The number of aryl methyl sites for hydroxylation is 2. The van der Waals surface area contributed by atoms with Gasteiger partial charge >= 0.3 is 6.18 Å². The van der Waals surface area contributed by atoms with Gasteiger partial charge in [0.15, 0.2) is 0 Å². The van der Waals surface area contributed by atoms with E-state index in [2.05, 4.69) is 10.3 Å². The van der Waals surface area contributed by atoms with Gasteiger partial charge in [-0.15, -0.1) is 0 Å². The lowest BCUT2D eigenvalue weighted by Crippen LogP contribution is -2.14. The van der Waals surface area contributed by atoms with Crippen LogP contribution in [0, 0.1) is 19.7 Å². The van der Waals surface area contributed by atoms with E-state index in [0.29, 0.717) is 5.69 Å². The van der Waals surface area contributed by atoms with Crippen LogP contribution in [0.1, 0.15) is 29.2 Å². The van der Waals surface area contributed by atoms with Crippen LogP contribution in [0.15, 0.2) is 35.3 Å². The smallest absolute Gasteiger partial charge is 0.381 e. The number of halogens is 4. The zero-order chi connectivity index (χ0) is 20.2. The van der Waals surface area contributed by atoms with Crippen molar-refractivity contribution in [2.45, 2.75) is 33.5 Å². The van der Waals surface area contributed by atoms with Crippen LogP contribution in [0.2, 0.25) is 0 Å². The van der Waals surface area contributed by atoms with Crippen LogP contribution in [0.25, 0.3) is 0 Å². The van der Waals surface area contributed by atoms with Crippen molar-refractivity contribution in [3.05, 3.63) is 58.4 Å². The van der Waals surface area contributed by atoms with Gasteiger partial charge in [0.2, 0.25) is 0 Å². The Hall–Kier alpha value is -2.57. The van der Waals surface area contributed by atoms with Crippen LogP contribution in [0.3, 0.4) is 0 Å². The topological polar surface area (TPSA) is 27.6 Å². The summed E-state index contributed by atoms with van der Waals surface area (Å²) < 4.78 is 53.3. The van der Waals surface area contributed by atoms with Crippen LogP contribution in [-0.2, 0) is 12.7 Å². The first-order valence-electron chi connectivity index (χ1n) is 8.57. The van der Waals surface area contributed by atoms with Crippen molar-refractivity contribution in [3.63, 3.8) is 0 Å². The van der Waals surface area contributed by atoms with E-state index in [9.17, 15) is 17.6 Å². The number of benzene rings is 2. The first kappa shape index (κ1) is 20.7. The quantitative estimate of drug-likeness (QED) is 0.396. The standard InChI is InChI=1S/C20H23F4N3/c1-5-27(4)12-26-19-10-13(2)18(9-14(19)3)25-11-15-16(20(22,23)24)7-6-8-17(15)21/h6-10,12,25H,5,11H2,1-4H3. The lowest BCUT2D eigenvalue weighted by Gasteiger charge is -2.17. The second-order valence-electron chi connectivity index (χ2n) is 6.39. The fourth-order valence-electron chi connectivity index (χ4n) is 2.56. The average Bonchev–Trinajstić information content (AvgIpc) is 2.60. The molecular weight excluding hydrogens is 358 g/mol. The van der Waals surface area contributed by atoms with E-state index in [1.54, 1.807) is 6.34 Å². The Kier molecular flexibility index (Phi) is 6.46. The molecule has 0 aromatic heterocycles. The Bertz CT molecular complexity index is 829. The molecule has 0 aliphatic rings. The minimum Gasteiger partial charge on any atom is -0.381 e. The van der Waals surface area contributed by atoms with Gasteiger partial charge in [0.1, 0.15) is 5.82 Å². The van der Waals surface area contributed by atoms with E-state index >= 15 is 0 Å². The number of rotatable bonds is 6. The highest BCUT2D eigenvalue weighted by Crippen LogP contribution is 2.34. The molecule has 0 unspecified atom stereocenters. The van der Waals surface area contributed by atoms with Gasteiger partial charge in [0.25, 0.3) is 0 Å². The van der Waals surface area contributed by atoms with Gasteiger partial charge < -0.3 is 10.2 Å². The lowest BCUT2D eigenvalue weighted by molar-refractivity contribution is -0.138. The predicted octanol–water partition coefficient (Wildman–Crippen LogP) is 5.68. The summed E-state index contributed by atoms with van der Waals surface area (Å²) in [6.45, 7) is 6.27. The molecule has 27 heavy (non-hydrogen) atoms. The second kappa shape index (κ2) is 8.41. The number of alkyl halides is 3. The summed E-state index contributed by atoms with van der Waals surface area (Å²) in [5.74, 6) is -0.879. The molecule has 3 nitrogen and oxygen atoms in total. The monoisotopic (exact) mass is 381 g/mol. The Morgan fingerprint density at radius 1 is 1.15 bits per heavy atom. The molecule has 0 atom stereocenters. The van der Waals surface area contributed by atoms with Crippen molar-refractivity contribution in [2.75, 3.05) is 18.9 Å². The first-order chi connectivity index (χ1) is 12.6. The van der Waals surface area contributed by atoms with E-state index in [0.717, 1.165) is 41.6 Å². The van der Waals surface area contributed by atoms with Gasteiger partial charge in [-0.3, -0.25) is 0 Å².